The summed E-state index contributed by atoms with van der Waals surface area (Å²) < 4.78 is 12.1. The second-order valence-electron chi connectivity index (χ2n) is 7.51. The summed E-state index contributed by atoms with van der Waals surface area (Å²) in [4.78, 5) is 39.0. The van der Waals surface area contributed by atoms with Crippen LogP contribution in [0.25, 0.3) is 6.08 Å². The van der Waals surface area contributed by atoms with Crippen molar-refractivity contribution in [1.82, 2.24) is 4.90 Å². The third kappa shape index (κ3) is 5.96. The van der Waals surface area contributed by atoms with Crippen LogP contribution in [0.4, 0.5) is 4.79 Å². The highest BCUT2D eigenvalue weighted by molar-refractivity contribution is 9.10. The predicted octanol–water partition coefficient (Wildman–Crippen LogP) is 6.61. The maximum atomic E-state index is 12.9. The quantitative estimate of drug-likeness (QED) is 0.223. The van der Waals surface area contributed by atoms with Gasteiger partial charge in [-0.25, -0.2) is 0 Å². The molecule has 0 radical (unpaired) electrons. The third-order valence-electron chi connectivity index (χ3n) is 5.12. The molecule has 1 saturated heterocycles. The molecule has 0 unspecified atom stereocenters. The Hall–Kier alpha value is -3.07. The molecule has 0 aliphatic carbocycles. The molecule has 1 fully saturated rings. The summed E-state index contributed by atoms with van der Waals surface area (Å²) in [5.41, 5.74) is 2.01. The Labute approximate surface area is 220 Å². The number of Topliss-reactive ketones (excluding diaryl/α,β-unsaturated/α-hetero) is 1. The smallest absolute Gasteiger partial charge is 0.293 e. The minimum absolute atomic E-state index is 0.222. The molecule has 178 valence electrons. The number of ketones is 1. The van der Waals surface area contributed by atoms with Crippen molar-refractivity contribution in [2.45, 2.75) is 6.61 Å². The first-order valence-electron chi connectivity index (χ1n) is 10.4. The van der Waals surface area contributed by atoms with E-state index in [-0.39, 0.29) is 17.2 Å². The number of amides is 2. The fourth-order valence-electron chi connectivity index (χ4n) is 3.35. The lowest BCUT2D eigenvalue weighted by molar-refractivity contribution is -0.122. The first kappa shape index (κ1) is 25.0. The van der Waals surface area contributed by atoms with Crippen molar-refractivity contribution in [3.63, 3.8) is 0 Å². The standard InChI is InChI=1S/C26H19BrClNO5S/c1-33-22-12-17(11-20(27)24(22)34-15-16-7-9-19(28)10-8-16)13-23-25(31)29(26(32)35-23)14-21(30)18-5-3-2-4-6-18/h2-13H,14-15H2,1H3/b23-13+. The van der Waals surface area contributed by atoms with E-state index in [1.54, 1.807) is 60.7 Å². The molecule has 0 N–H and O–H groups in total. The Bertz CT molecular complexity index is 1310. The summed E-state index contributed by atoms with van der Waals surface area (Å²) in [6, 6.07) is 19.4. The normalized spacial score (nSPS) is 14.5. The highest BCUT2D eigenvalue weighted by Crippen LogP contribution is 2.39. The molecule has 1 heterocycles. The lowest BCUT2D eigenvalue weighted by Gasteiger charge is -2.14. The van der Waals surface area contributed by atoms with Crippen LogP contribution in [0.3, 0.4) is 0 Å². The minimum atomic E-state index is -0.512. The van der Waals surface area contributed by atoms with Gasteiger partial charge in [0, 0.05) is 10.6 Å². The van der Waals surface area contributed by atoms with Gasteiger partial charge < -0.3 is 9.47 Å². The third-order valence-corrected chi connectivity index (χ3v) is 6.87. The van der Waals surface area contributed by atoms with Gasteiger partial charge >= 0.3 is 0 Å². The maximum Gasteiger partial charge on any atom is 0.293 e. The molecule has 0 aromatic heterocycles. The molecule has 0 saturated carbocycles. The van der Waals surface area contributed by atoms with E-state index in [0.29, 0.717) is 38.7 Å². The van der Waals surface area contributed by atoms with Gasteiger partial charge in [-0.1, -0.05) is 54.1 Å². The molecule has 3 aromatic rings. The van der Waals surface area contributed by atoms with Gasteiger partial charge in [-0.15, -0.1) is 0 Å². The van der Waals surface area contributed by atoms with Crippen molar-refractivity contribution in [1.29, 1.82) is 0 Å². The van der Waals surface area contributed by atoms with E-state index in [4.69, 9.17) is 21.1 Å². The van der Waals surface area contributed by atoms with Crippen molar-refractivity contribution >= 4 is 62.3 Å². The van der Waals surface area contributed by atoms with Crippen molar-refractivity contribution in [3.05, 3.63) is 97.8 Å². The van der Waals surface area contributed by atoms with E-state index in [0.717, 1.165) is 22.2 Å². The first-order valence-corrected chi connectivity index (χ1v) is 12.4. The number of nitrogens with zero attached hydrogens (tertiary/aromatic N) is 1. The Morgan fingerprint density at radius 3 is 2.49 bits per heavy atom. The summed E-state index contributed by atoms with van der Waals surface area (Å²) in [7, 11) is 1.52. The fourth-order valence-corrected chi connectivity index (χ4v) is 4.88. The number of hydrogen-bond donors (Lipinski definition) is 0. The molecule has 1 aliphatic heterocycles. The highest BCUT2D eigenvalue weighted by atomic mass is 79.9. The van der Waals surface area contributed by atoms with Crippen LogP contribution in [0.1, 0.15) is 21.5 Å². The lowest BCUT2D eigenvalue weighted by Crippen LogP contribution is -2.33. The molecule has 0 atom stereocenters. The Morgan fingerprint density at radius 2 is 1.80 bits per heavy atom. The number of hydrogen-bond acceptors (Lipinski definition) is 6. The van der Waals surface area contributed by atoms with Gasteiger partial charge in [-0.05, 0) is 69.2 Å². The van der Waals surface area contributed by atoms with Crippen LogP contribution in [-0.2, 0) is 11.4 Å². The summed E-state index contributed by atoms with van der Waals surface area (Å²) in [5.74, 6) is 0.141. The molecule has 1 aliphatic rings. The highest BCUT2D eigenvalue weighted by Gasteiger charge is 2.36. The van der Waals surface area contributed by atoms with Gasteiger partial charge in [0.25, 0.3) is 11.1 Å². The largest absolute Gasteiger partial charge is 0.493 e. The number of rotatable bonds is 8. The Balaban J connectivity index is 1.51. The molecular weight excluding hydrogens is 554 g/mol. The van der Waals surface area contributed by atoms with E-state index >= 15 is 0 Å². The lowest BCUT2D eigenvalue weighted by atomic mass is 10.1. The van der Waals surface area contributed by atoms with Gasteiger partial charge in [-0.2, -0.15) is 0 Å². The zero-order chi connectivity index (χ0) is 24.9. The Kier molecular flexibility index (Phi) is 7.95. The molecule has 3 aromatic carbocycles. The Morgan fingerprint density at radius 1 is 1.09 bits per heavy atom. The van der Waals surface area contributed by atoms with Crippen LogP contribution in [0.2, 0.25) is 5.02 Å². The van der Waals surface area contributed by atoms with Gasteiger partial charge in [0.05, 0.1) is 23.0 Å². The molecule has 0 spiro atoms. The number of imide groups is 1. The molecule has 2 amide bonds. The molecule has 4 rings (SSSR count). The summed E-state index contributed by atoms with van der Waals surface area (Å²) >= 11 is 10.2. The van der Waals surface area contributed by atoms with Crippen LogP contribution in [0, 0.1) is 0 Å². The number of halogens is 2. The average molecular weight is 573 g/mol. The van der Waals surface area contributed by atoms with Crippen LogP contribution >= 0.6 is 39.3 Å². The SMILES string of the molecule is COc1cc(/C=C2/SC(=O)N(CC(=O)c3ccccc3)C2=O)cc(Br)c1OCc1ccc(Cl)cc1. The maximum absolute atomic E-state index is 12.9. The minimum Gasteiger partial charge on any atom is -0.493 e. The first-order chi connectivity index (χ1) is 16.9. The number of thioether (sulfide) groups is 1. The van der Waals surface area contributed by atoms with E-state index in [2.05, 4.69) is 15.9 Å². The fraction of sp³-hybridized carbons (Fsp3) is 0.115. The zero-order valence-corrected chi connectivity index (χ0v) is 21.7. The molecule has 35 heavy (non-hydrogen) atoms. The molecule has 6 nitrogen and oxygen atoms in total. The summed E-state index contributed by atoms with van der Waals surface area (Å²) in [5, 5.41) is 0.158. The number of carbonyl (C=O) groups excluding carboxylic acids is 3. The van der Waals surface area contributed by atoms with Gasteiger partial charge in [-0.3, -0.25) is 19.3 Å². The van der Waals surface area contributed by atoms with Crippen molar-refractivity contribution in [2.24, 2.45) is 0 Å². The van der Waals surface area contributed by atoms with Crippen LogP contribution < -0.4 is 9.47 Å². The van der Waals surface area contributed by atoms with Gasteiger partial charge in [0.1, 0.15) is 6.61 Å². The van der Waals surface area contributed by atoms with Crippen LogP contribution in [-0.4, -0.2) is 35.5 Å². The van der Waals surface area contributed by atoms with E-state index in [1.807, 2.05) is 12.1 Å². The van der Waals surface area contributed by atoms with Crippen LogP contribution in [0.5, 0.6) is 11.5 Å². The molecular formula is C26H19BrClNO5S. The average Bonchev–Trinajstić information content (AvgIpc) is 3.11. The topological polar surface area (TPSA) is 72.9 Å². The molecule has 0 bridgehead atoms. The number of carbonyl (C=O) groups is 3. The summed E-state index contributed by atoms with van der Waals surface area (Å²) in [6.45, 7) is -0.00365. The van der Waals surface area contributed by atoms with E-state index in [1.165, 1.54) is 7.11 Å². The second-order valence-corrected chi connectivity index (χ2v) is 9.79. The zero-order valence-electron chi connectivity index (χ0n) is 18.5. The van der Waals surface area contributed by atoms with Crippen LogP contribution in [0.15, 0.2) is 76.1 Å². The number of benzene rings is 3. The van der Waals surface area contributed by atoms with Gasteiger partial charge in [0.15, 0.2) is 17.3 Å². The van der Waals surface area contributed by atoms with Crippen molar-refractivity contribution in [3.8, 4) is 11.5 Å². The van der Waals surface area contributed by atoms with E-state index in [9.17, 15) is 14.4 Å². The monoisotopic (exact) mass is 571 g/mol. The number of methoxy groups -OCH3 is 1. The van der Waals surface area contributed by atoms with Gasteiger partial charge in [0.2, 0.25) is 0 Å². The number of ether oxygens (including phenoxy) is 2. The van der Waals surface area contributed by atoms with E-state index < -0.39 is 11.1 Å². The van der Waals surface area contributed by atoms with Crippen molar-refractivity contribution in [2.75, 3.05) is 13.7 Å². The van der Waals surface area contributed by atoms with Crippen molar-refractivity contribution < 1.29 is 23.9 Å². The molecule has 9 heteroatoms. The second kappa shape index (κ2) is 11.1. The predicted molar refractivity (Wildman–Crippen MR) is 140 cm³/mol. The summed E-state index contributed by atoms with van der Waals surface area (Å²) in [6.07, 6.45) is 1.59.